The van der Waals surface area contributed by atoms with E-state index in [1.54, 1.807) is 24.4 Å². The zero-order valence-electron chi connectivity index (χ0n) is 15.1. The van der Waals surface area contributed by atoms with Crippen LogP contribution in [0.2, 0.25) is 0 Å². The van der Waals surface area contributed by atoms with Gasteiger partial charge < -0.3 is 24.8 Å². The molecule has 6 atom stereocenters. The minimum atomic E-state index is -1.76. The first-order valence-corrected chi connectivity index (χ1v) is 9.12. The van der Waals surface area contributed by atoms with Crippen LogP contribution in [0.25, 0.3) is 0 Å². The van der Waals surface area contributed by atoms with E-state index in [4.69, 9.17) is 9.47 Å². The summed E-state index contributed by atoms with van der Waals surface area (Å²) in [4.78, 5) is 24.7. The van der Waals surface area contributed by atoms with Gasteiger partial charge in [-0.2, -0.15) is 0 Å². The molecular formula is C18H24O7S. The molecule has 26 heavy (non-hydrogen) atoms. The number of methoxy groups -OCH3 is 1. The number of esters is 2. The van der Waals surface area contributed by atoms with E-state index in [1.165, 1.54) is 38.4 Å². The van der Waals surface area contributed by atoms with Crippen molar-refractivity contribution in [3.63, 3.8) is 0 Å². The lowest BCUT2D eigenvalue weighted by Crippen LogP contribution is -2.48. The van der Waals surface area contributed by atoms with Gasteiger partial charge in [-0.1, -0.05) is 12.1 Å². The number of allylic oxidation sites excluding steroid dienone is 1. The maximum atomic E-state index is 12.3. The molecule has 1 aromatic rings. The van der Waals surface area contributed by atoms with Crippen molar-refractivity contribution in [2.75, 3.05) is 7.11 Å². The molecule has 0 saturated heterocycles. The number of ether oxygens (including phenoxy) is 2. The topological polar surface area (TPSA) is 113 Å². The highest BCUT2D eigenvalue weighted by Gasteiger charge is 2.62. The predicted octanol–water partition coefficient (Wildman–Crippen LogP) is 1.13. The van der Waals surface area contributed by atoms with Gasteiger partial charge in [-0.3, -0.25) is 0 Å². The number of thiophene rings is 1. The van der Waals surface area contributed by atoms with Crippen molar-refractivity contribution >= 4 is 23.3 Å². The van der Waals surface area contributed by atoms with Crippen molar-refractivity contribution in [1.82, 2.24) is 0 Å². The molecule has 0 bridgehead atoms. The standard InChI is InChI=1S/C18H24O7S/c1-5-10(16(21)24-4)12-13(9(2)19)18(3,23)15(14(12)20)25-17(22)11-7-6-8-26-11/h5-9,12-15,19-20,23H,1-4H3/b10-5+/t9?,12-,13+,14+,15+,18-/m1/s1. The fraction of sp³-hybridized carbons (Fsp3) is 0.556. The highest BCUT2D eigenvalue weighted by atomic mass is 32.1. The summed E-state index contributed by atoms with van der Waals surface area (Å²) < 4.78 is 10.1. The number of carbonyl (C=O) groups excluding carboxylic acids is 2. The average molecular weight is 384 g/mol. The number of carbonyl (C=O) groups is 2. The lowest BCUT2D eigenvalue weighted by atomic mass is 9.79. The van der Waals surface area contributed by atoms with E-state index in [2.05, 4.69) is 0 Å². The van der Waals surface area contributed by atoms with Crippen LogP contribution < -0.4 is 0 Å². The molecule has 3 N–H and O–H groups in total. The van der Waals surface area contributed by atoms with E-state index in [0.29, 0.717) is 4.88 Å². The molecule has 8 heteroatoms. The highest BCUT2D eigenvalue weighted by molar-refractivity contribution is 7.11. The van der Waals surface area contributed by atoms with E-state index in [0.717, 1.165) is 0 Å². The zero-order valence-corrected chi connectivity index (χ0v) is 15.9. The Morgan fingerprint density at radius 3 is 2.54 bits per heavy atom. The monoisotopic (exact) mass is 384 g/mol. The fourth-order valence-corrected chi connectivity index (χ4v) is 4.39. The molecule has 0 radical (unpaired) electrons. The second-order valence-corrected chi connectivity index (χ2v) is 7.50. The quantitative estimate of drug-likeness (QED) is 0.515. The van der Waals surface area contributed by atoms with Crippen LogP contribution in [0.3, 0.4) is 0 Å². The summed E-state index contributed by atoms with van der Waals surface area (Å²) in [6, 6.07) is 3.25. The molecule has 0 spiro atoms. The van der Waals surface area contributed by atoms with Crippen LogP contribution in [0.1, 0.15) is 30.4 Å². The van der Waals surface area contributed by atoms with Gasteiger partial charge in [-0.05, 0) is 32.2 Å². The number of aliphatic hydroxyl groups is 3. The Hall–Kier alpha value is -1.74. The predicted molar refractivity (Wildman–Crippen MR) is 94.6 cm³/mol. The van der Waals surface area contributed by atoms with E-state index < -0.39 is 47.7 Å². The van der Waals surface area contributed by atoms with Crippen molar-refractivity contribution in [2.45, 2.75) is 44.7 Å². The van der Waals surface area contributed by atoms with E-state index >= 15 is 0 Å². The maximum Gasteiger partial charge on any atom is 0.348 e. The van der Waals surface area contributed by atoms with Crippen LogP contribution in [0.5, 0.6) is 0 Å². The van der Waals surface area contributed by atoms with Crippen molar-refractivity contribution < 1.29 is 34.4 Å². The molecule has 0 aliphatic heterocycles. The van der Waals surface area contributed by atoms with Gasteiger partial charge >= 0.3 is 11.9 Å². The van der Waals surface area contributed by atoms with Gasteiger partial charge in [-0.15, -0.1) is 11.3 Å². The second kappa shape index (κ2) is 7.87. The van der Waals surface area contributed by atoms with Crippen LogP contribution in [0.15, 0.2) is 29.2 Å². The number of hydrogen-bond acceptors (Lipinski definition) is 8. The first-order chi connectivity index (χ1) is 12.2. The first kappa shape index (κ1) is 20.6. The summed E-state index contributed by atoms with van der Waals surface area (Å²) in [6.07, 6.45) is -2.32. The van der Waals surface area contributed by atoms with Crippen molar-refractivity contribution in [3.05, 3.63) is 34.0 Å². The summed E-state index contributed by atoms with van der Waals surface area (Å²) >= 11 is 1.17. The van der Waals surface area contributed by atoms with Crippen molar-refractivity contribution in [1.29, 1.82) is 0 Å². The van der Waals surface area contributed by atoms with Crippen molar-refractivity contribution in [3.8, 4) is 0 Å². The number of aliphatic hydroxyl groups excluding tert-OH is 2. The molecular weight excluding hydrogens is 360 g/mol. The van der Waals surface area contributed by atoms with Crippen LogP contribution in [-0.4, -0.2) is 58.3 Å². The van der Waals surface area contributed by atoms with Gasteiger partial charge in [0.05, 0.1) is 13.2 Å². The average Bonchev–Trinajstić information content (AvgIpc) is 3.17. The van der Waals surface area contributed by atoms with Gasteiger partial charge in [0, 0.05) is 17.4 Å². The Balaban J connectivity index is 2.41. The molecule has 1 heterocycles. The third kappa shape index (κ3) is 3.55. The van der Waals surface area contributed by atoms with E-state index in [9.17, 15) is 24.9 Å². The molecule has 1 aliphatic carbocycles. The summed E-state index contributed by atoms with van der Waals surface area (Å²) in [5.41, 5.74) is -1.64. The van der Waals surface area contributed by atoms with Crippen LogP contribution >= 0.6 is 11.3 Å². The maximum absolute atomic E-state index is 12.3. The lowest BCUT2D eigenvalue weighted by Gasteiger charge is -2.33. The third-order valence-corrected chi connectivity index (χ3v) is 5.73. The van der Waals surface area contributed by atoms with Crippen LogP contribution in [0.4, 0.5) is 0 Å². The summed E-state index contributed by atoms with van der Waals surface area (Å²) in [7, 11) is 1.21. The van der Waals surface area contributed by atoms with Crippen LogP contribution in [-0.2, 0) is 14.3 Å². The van der Waals surface area contributed by atoms with Gasteiger partial charge in [0.2, 0.25) is 0 Å². The minimum Gasteiger partial charge on any atom is -0.466 e. The van der Waals surface area contributed by atoms with E-state index in [-0.39, 0.29) is 5.57 Å². The SMILES string of the molecule is C/C=C(/C(=O)OC)[C@H]1[C@H](O)[C@H](OC(=O)c2cccs2)[C@](C)(O)[C@H]1C(C)O. The second-order valence-electron chi connectivity index (χ2n) is 6.55. The molecule has 1 fully saturated rings. The van der Waals surface area contributed by atoms with E-state index in [1.807, 2.05) is 0 Å². The first-order valence-electron chi connectivity index (χ1n) is 8.24. The summed E-state index contributed by atoms with van der Waals surface area (Å²) in [5.74, 6) is -3.26. The Morgan fingerprint density at radius 1 is 1.42 bits per heavy atom. The Kier molecular flexibility index (Phi) is 6.23. The van der Waals surface area contributed by atoms with Gasteiger partial charge in [0.15, 0.2) is 6.10 Å². The lowest BCUT2D eigenvalue weighted by molar-refractivity contribution is -0.137. The molecule has 0 aromatic carbocycles. The van der Waals surface area contributed by atoms with Gasteiger partial charge in [0.25, 0.3) is 0 Å². The van der Waals surface area contributed by atoms with Crippen LogP contribution in [0, 0.1) is 11.8 Å². The summed E-state index contributed by atoms with van der Waals surface area (Å²) in [6.45, 7) is 4.43. The summed E-state index contributed by atoms with van der Waals surface area (Å²) in [5, 5.41) is 33.7. The Morgan fingerprint density at radius 2 is 2.08 bits per heavy atom. The molecule has 144 valence electrons. The molecule has 1 aliphatic rings. The number of rotatable bonds is 5. The van der Waals surface area contributed by atoms with Gasteiger partial charge in [-0.25, -0.2) is 9.59 Å². The molecule has 1 saturated carbocycles. The Labute approximate surface area is 155 Å². The fourth-order valence-electron chi connectivity index (χ4n) is 3.79. The molecule has 7 nitrogen and oxygen atoms in total. The molecule has 0 amide bonds. The molecule has 2 rings (SSSR count). The zero-order chi connectivity index (χ0) is 19.6. The number of hydrogen-bond donors (Lipinski definition) is 3. The Bertz CT molecular complexity index is 678. The normalized spacial score (nSPS) is 33.0. The smallest absolute Gasteiger partial charge is 0.348 e. The van der Waals surface area contributed by atoms with Crippen molar-refractivity contribution in [2.24, 2.45) is 11.8 Å². The molecule has 1 aromatic heterocycles. The minimum absolute atomic E-state index is 0.112. The largest absolute Gasteiger partial charge is 0.466 e. The van der Waals surface area contributed by atoms with Gasteiger partial charge in [0.1, 0.15) is 16.6 Å². The third-order valence-electron chi connectivity index (χ3n) is 4.88. The molecule has 1 unspecified atom stereocenters. The highest BCUT2D eigenvalue weighted by Crippen LogP contribution is 2.47.